The van der Waals surface area contributed by atoms with E-state index in [-0.39, 0.29) is 5.82 Å². The van der Waals surface area contributed by atoms with Crippen molar-refractivity contribution in [2.75, 3.05) is 0 Å². The summed E-state index contributed by atoms with van der Waals surface area (Å²) in [6.45, 7) is 0. The smallest absolute Gasteiger partial charge is 0.123 e. The van der Waals surface area contributed by atoms with Crippen LogP contribution in [-0.4, -0.2) is 5.11 Å². The van der Waals surface area contributed by atoms with E-state index in [1.54, 1.807) is 30.3 Å². The van der Waals surface area contributed by atoms with Crippen LogP contribution in [0.25, 0.3) is 10.1 Å². The zero-order valence-corrected chi connectivity index (χ0v) is 12.4. The van der Waals surface area contributed by atoms with Crippen LogP contribution in [0.2, 0.25) is 10.0 Å². The zero-order chi connectivity index (χ0) is 14.3. The van der Waals surface area contributed by atoms with Crippen molar-refractivity contribution in [3.63, 3.8) is 0 Å². The third-order valence-electron chi connectivity index (χ3n) is 3.02. The Labute approximate surface area is 129 Å². The molecule has 0 radical (unpaired) electrons. The minimum atomic E-state index is -0.873. The molecule has 0 saturated heterocycles. The molecule has 102 valence electrons. The largest absolute Gasteiger partial charge is 0.383 e. The Morgan fingerprint density at radius 1 is 1.05 bits per heavy atom. The lowest BCUT2D eigenvalue weighted by Gasteiger charge is -2.11. The number of benzene rings is 2. The molecule has 5 heteroatoms. The number of aliphatic hydroxyl groups is 1. The molecular weight excluding hydrogens is 318 g/mol. The fourth-order valence-electron chi connectivity index (χ4n) is 2.05. The Morgan fingerprint density at radius 3 is 2.65 bits per heavy atom. The van der Waals surface area contributed by atoms with E-state index in [1.165, 1.54) is 23.5 Å². The lowest BCUT2D eigenvalue weighted by molar-refractivity contribution is 0.224. The number of fused-ring (bicyclic) bond motifs is 1. The van der Waals surface area contributed by atoms with Crippen molar-refractivity contribution in [2.24, 2.45) is 0 Å². The predicted octanol–water partition coefficient (Wildman–Crippen LogP) is 5.43. The Bertz CT molecular complexity index is 785. The molecule has 1 N–H and O–H groups in total. The topological polar surface area (TPSA) is 20.2 Å². The summed E-state index contributed by atoms with van der Waals surface area (Å²) in [7, 11) is 0. The summed E-state index contributed by atoms with van der Waals surface area (Å²) in [5, 5.41) is 12.2. The van der Waals surface area contributed by atoms with Crippen LogP contribution in [-0.2, 0) is 0 Å². The van der Waals surface area contributed by atoms with Crippen LogP contribution >= 0.6 is 34.5 Å². The van der Waals surface area contributed by atoms with E-state index in [2.05, 4.69) is 0 Å². The second-order valence-corrected chi connectivity index (χ2v) is 6.36. The minimum Gasteiger partial charge on any atom is -0.383 e. The molecule has 0 aliphatic heterocycles. The third kappa shape index (κ3) is 2.54. The highest BCUT2D eigenvalue weighted by atomic mass is 35.5. The molecule has 20 heavy (non-hydrogen) atoms. The molecule has 3 aromatic rings. The Morgan fingerprint density at radius 2 is 1.85 bits per heavy atom. The highest BCUT2D eigenvalue weighted by molar-refractivity contribution is 7.19. The highest BCUT2D eigenvalue weighted by Crippen LogP contribution is 2.36. The van der Waals surface area contributed by atoms with Crippen LogP contribution in [0.15, 0.2) is 42.5 Å². The summed E-state index contributed by atoms with van der Waals surface area (Å²) in [6.07, 6.45) is -0.873. The van der Waals surface area contributed by atoms with Gasteiger partial charge in [0.25, 0.3) is 0 Å². The van der Waals surface area contributed by atoms with Crippen molar-refractivity contribution < 1.29 is 9.50 Å². The van der Waals surface area contributed by atoms with Crippen molar-refractivity contribution in [3.05, 3.63) is 68.8 Å². The maximum absolute atomic E-state index is 13.2. The van der Waals surface area contributed by atoms with Crippen LogP contribution in [0.4, 0.5) is 4.39 Å². The van der Waals surface area contributed by atoms with Gasteiger partial charge >= 0.3 is 0 Å². The number of hydrogen-bond donors (Lipinski definition) is 1. The number of thiophene rings is 1. The first-order valence-corrected chi connectivity index (χ1v) is 7.44. The van der Waals surface area contributed by atoms with Gasteiger partial charge in [0.1, 0.15) is 11.9 Å². The molecule has 1 aromatic heterocycles. The molecule has 0 aliphatic carbocycles. The molecular formula is C15H9Cl2FOS. The van der Waals surface area contributed by atoms with Gasteiger partial charge in [-0.25, -0.2) is 4.39 Å². The second kappa shape index (κ2) is 5.34. The average molecular weight is 327 g/mol. The molecule has 0 spiro atoms. The van der Waals surface area contributed by atoms with Gasteiger partial charge in [-0.1, -0.05) is 23.2 Å². The average Bonchev–Trinajstić information content (AvgIpc) is 2.83. The van der Waals surface area contributed by atoms with Crippen molar-refractivity contribution in [1.29, 1.82) is 0 Å². The van der Waals surface area contributed by atoms with E-state index in [0.29, 0.717) is 20.5 Å². The first-order valence-electron chi connectivity index (χ1n) is 5.86. The molecule has 0 amide bonds. The molecule has 0 bridgehead atoms. The maximum Gasteiger partial charge on any atom is 0.123 e. The van der Waals surface area contributed by atoms with Crippen molar-refractivity contribution in [2.45, 2.75) is 6.10 Å². The van der Waals surface area contributed by atoms with E-state index in [9.17, 15) is 9.50 Å². The monoisotopic (exact) mass is 326 g/mol. The minimum absolute atomic E-state index is 0.294. The van der Waals surface area contributed by atoms with Crippen LogP contribution < -0.4 is 0 Å². The summed E-state index contributed by atoms with van der Waals surface area (Å²) in [4.78, 5) is 0.703. The molecule has 1 unspecified atom stereocenters. The van der Waals surface area contributed by atoms with Crippen LogP contribution in [0, 0.1) is 5.82 Å². The van der Waals surface area contributed by atoms with E-state index in [1.807, 2.05) is 0 Å². The van der Waals surface area contributed by atoms with Gasteiger partial charge in [0.15, 0.2) is 0 Å². The van der Waals surface area contributed by atoms with Crippen molar-refractivity contribution in [1.82, 2.24) is 0 Å². The molecule has 1 nitrogen and oxygen atoms in total. The lowest BCUT2D eigenvalue weighted by atomic mass is 10.1. The van der Waals surface area contributed by atoms with Gasteiger partial charge in [-0.3, -0.25) is 0 Å². The van der Waals surface area contributed by atoms with Gasteiger partial charge in [0.2, 0.25) is 0 Å². The van der Waals surface area contributed by atoms with Gasteiger partial charge in [-0.15, -0.1) is 11.3 Å². The number of hydrogen-bond acceptors (Lipinski definition) is 2. The van der Waals surface area contributed by atoms with Gasteiger partial charge in [-0.2, -0.15) is 0 Å². The van der Waals surface area contributed by atoms with E-state index < -0.39 is 6.10 Å². The summed E-state index contributed by atoms with van der Waals surface area (Å²) >= 11 is 13.4. The summed E-state index contributed by atoms with van der Waals surface area (Å²) in [5.74, 6) is -0.294. The highest BCUT2D eigenvalue weighted by Gasteiger charge is 2.17. The number of aliphatic hydroxyl groups excluding tert-OH is 1. The summed E-state index contributed by atoms with van der Waals surface area (Å²) < 4.78 is 14.1. The Balaban J connectivity index is 2.07. The quantitative estimate of drug-likeness (QED) is 0.665. The lowest BCUT2D eigenvalue weighted by Crippen LogP contribution is -1.97. The first kappa shape index (κ1) is 13.8. The zero-order valence-electron chi connectivity index (χ0n) is 10.1. The summed E-state index contributed by atoms with van der Waals surface area (Å²) in [5.41, 5.74) is 0.547. The predicted molar refractivity (Wildman–Crippen MR) is 82.3 cm³/mol. The van der Waals surface area contributed by atoms with E-state index in [0.717, 1.165) is 10.1 Å². The molecule has 3 rings (SSSR count). The standard InChI is InChI=1S/C15H9Cl2FOS/c16-9-1-3-12(17)11(7-9)15(19)14-6-8-5-10(18)2-4-13(8)20-14/h1-7,15,19H. The fourth-order valence-corrected chi connectivity index (χ4v) is 3.50. The van der Waals surface area contributed by atoms with Crippen molar-refractivity contribution >= 4 is 44.6 Å². The maximum atomic E-state index is 13.2. The Hall–Kier alpha value is -1.13. The normalized spacial score (nSPS) is 12.8. The van der Waals surface area contributed by atoms with Crippen molar-refractivity contribution in [3.8, 4) is 0 Å². The fraction of sp³-hybridized carbons (Fsp3) is 0.0667. The number of halogens is 3. The molecule has 2 aromatic carbocycles. The Kier molecular flexibility index (Phi) is 3.69. The number of rotatable bonds is 2. The summed E-state index contributed by atoms with van der Waals surface area (Å²) in [6, 6.07) is 11.3. The second-order valence-electron chi connectivity index (χ2n) is 4.40. The van der Waals surface area contributed by atoms with Gasteiger partial charge in [0, 0.05) is 25.2 Å². The van der Waals surface area contributed by atoms with Crippen LogP contribution in [0.3, 0.4) is 0 Å². The molecule has 1 atom stereocenters. The van der Waals surface area contributed by atoms with Crippen LogP contribution in [0.5, 0.6) is 0 Å². The molecule has 0 aliphatic rings. The van der Waals surface area contributed by atoms with Gasteiger partial charge in [0.05, 0.1) is 0 Å². The van der Waals surface area contributed by atoms with Gasteiger partial charge in [-0.05, 0) is 47.9 Å². The SMILES string of the molecule is OC(c1cc2cc(F)ccc2s1)c1cc(Cl)ccc1Cl. The van der Waals surface area contributed by atoms with Gasteiger partial charge < -0.3 is 5.11 Å². The third-order valence-corrected chi connectivity index (χ3v) is 4.77. The molecule has 0 saturated carbocycles. The van der Waals surface area contributed by atoms with Crippen LogP contribution in [0.1, 0.15) is 16.5 Å². The molecule has 1 heterocycles. The molecule has 0 fully saturated rings. The van der Waals surface area contributed by atoms with E-state index >= 15 is 0 Å². The van der Waals surface area contributed by atoms with E-state index in [4.69, 9.17) is 23.2 Å². The first-order chi connectivity index (χ1) is 9.54.